The van der Waals surface area contributed by atoms with Crippen LogP contribution in [0.1, 0.15) is 64.2 Å². The number of carbonyl (C=O) groups excluding carboxylic acids is 1. The minimum absolute atomic E-state index is 0.0216. The number of hydrogen-bond donors (Lipinski definition) is 1. The van der Waals surface area contributed by atoms with Crippen LogP contribution in [0.4, 0.5) is 10.5 Å². The normalized spacial score (nSPS) is 18.5. The van der Waals surface area contributed by atoms with Crippen molar-refractivity contribution in [2.45, 2.75) is 52.1 Å². The van der Waals surface area contributed by atoms with Crippen LogP contribution < -0.4 is 5.32 Å². The van der Waals surface area contributed by atoms with Gasteiger partial charge in [-0.1, -0.05) is 41.6 Å². The molecule has 6 nitrogen and oxygen atoms in total. The summed E-state index contributed by atoms with van der Waals surface area (Å²) in [7, 11) is 0. The third-order valence-electron chi connectivity index (χ3n) is 6.79. The number of urea groups is 1. The number of likely N-dealkylation sites (tertiary alicyclic amines) is 1. The number of carbonyl (C=O) groups is 1. The van der Waals surface area contributed by atoms with Crippen LogP contribution in [0.5, 0.6) is 0 Å². The van der Waals surface area contributed by atoms with Crippen molar-refractivity contribution in [3.63, 3.8) is 0 Å². The summed E-state index contributed by atoms with van der Waals surface area (Å²) in [5.41, 5.74) is 7.35. The lowest BCUT2D eigenvalue weighted by Crippen LogP contribution is -2.40. The molecular formula is C27H30N4O2S. The summed E-state index contributed by atoms with van der Waals surface area (Å²) < 4.78 is 0. The number of anilines is 1. The lowest BCUT2D eigenvalue weighted by molar-refractivity contribution is 0.0853. The molecule has 3 aromatic rings. The van der Waals surface area contributed by atoms with E-state index in [2.05, 4.69) is 41.0 Å². The highest BCUT2D eigenvalue weighted by molar-refractivity contribution is 7.10. The molecule has 2 aromatic carbocycles. The van der Waals surface area contributed by atoms with Gasteiger partial charge >= 0.3 is 6.03 Å². The van der Waals surface area contributed by atoms with Gasteiger partial charge in [-0.15, -0.1) is 11.3 Å². The summed E-state index contributed by atoms with van der Waals surface area (Å²) in [4.78, 5) is 25.4. The number of rotatable bonds is 4. The van der Waals surface area contributed by atoms with Gasteiger partial charge in [0.1, 0.15) is 5.71 Å². The largest absolute Gasteiger partial charge is 0.387 e. The molecule has 176 valence electrons. The summed E-state index contributed by atoms with van der Waals surface area (Å²) >= 11 is 1.69. The molecule has 0 aliphatic carbocycles. The molecular weight excluding hydrogens is 444 g/mol. The van der Waals surface area contributed by atoms with E-state index < -0.39 is 0 Å². The van der Waals surface area contributed by atoms with Crippen LogP contribution in [0.2, 0.25) is 0 Å². The van der Waals surface area contributed by atoms with Crippen LogP contribution in [0.15, 0.2) is 53.0 Å². The van der Waals surface area contributed by atoms with E-state index >= 15 is 0 Å². The average Bonchev–Trinajstić information content (AvgIpc) is 3.52. The first kappa shape index (κ1) is 22.6. The number of benzene rings is 2. The van der Waals surface area contributed by atoms with Gasteiger partial charge in [0.2, 0.25) is 0 Å². The van der Waals surface area contributed by atoms with Crippen LogP contribution in [-0.4, -0.2) is 34.7 Å². The Bertz CT molecular complexity index is 1230. The molecule has 1 unspecified atom stereocenters. The first-order valence-electron chi connectivity index (χ1n) is 11.8. The maximum Gasteiger partial charge on any atom is 0.321 e. The number of amides is 2. The minimum atomic E-state index is -0.0415. The van der Waals surface area contributed by atoms with Gasteiger partial charge in [-0.2, -0.15) is 0 Å². The van der Waals surface area contributed by atoms with E-state index in [-0.39, 0.29) is 12.1 Å². The van der Waals surface area contributed by atoms with E-state index in [1.165, 1.54) is 11.1 Å². The molecule has 34 heavy (non-hydrogen) atoms. The second-order valence-corrected chi connectivity index (χ2v) is 10.2. The van der Waals surface area contributed by atoms with E-state index in [9.17, 15) is 4.79 Å². The van der Waals surface area contributed by atoms with Crippen molar-refractivity contribution in [2.24, 2.45) is 5.16 Å². The van der Waals surface area contributed by atoms with Crippen molar-refractivity contribution in [3.8, 4) is 0 Å². The Morgan fingerprint density at radius 3 is 2.68 bits per heavy atom. The zero-order valence-electron chi connectivity index (χ0n) is 19.9. The van der Waals surface area contributed by atoms with E-state index in [0.717, 1.165) is 65.6 Å². The first-order valence-corrected chi connectivity index (χ1v) is 12.7. The van der Waals surface area contributed by atoms with Crippen molar-refractivity contribution in [1.82, 2.24) is 9.88 Å². The fraction of sp³-hybridized carbons (Fsp3) is 0.370. The molecule has 5 rings (SSSR count). The van der Waals surface area contributed by atoms with Crippen molar-refractivity contribution in [2.75, 3.05) is 18.4 Å². The number of piperidine rings is 1. The predicted molar refractivity (Wildman–Crippen MR) is 137 cm³/mol. The van der Waals surface area contributed by atoms with E-state index in [4.69, 9.17) is 9.82 Å². The molecule has 7 heteroatoms. The third-order valence-corrected chi connectivity index (χ3v) is 7.80. The monoisotopic (exact) mass is 474 g/mol. The maximum absolute atomic E-state index is 12.8. The molecule has 1 N–H and O–H groups in total. The Labute approximate surface area is 204 Å². The van der Waals surface area contributed by atoms with E-state index in [1.54, 1.807) is 11.3 Å². The SMILES string of the molecule is Cc1ccc(C)c(NC(=O)N2CCC(c3nc(C4=NOC(c5ccccc5C)C4)cs3)CC2)c1. The van der Waals surface area contributed by atoms with Gasteiger partial charge in [-0.25, -0.2) is 9.78 Å². The number of nitrogens with one attached hydrogen (secondary N) is 1. The number of nitrogens with zero attached hydrogens (tertiary/aromatic N) is 3. The fourth-order valence-electron chi connectivity index (χ4n) is 4.65. The van der Waals surface area contributed by atoms with E-state index in [0.29, 0.717) is 5.92 Å². The van der Waals surface area contributed by atoms with Crippen molar-refractivity contribution in [3.05, 3.63) is 80.8 Å². The molecule has 1 fully saturated rings. The zero-order valence-corrected chi connectivity index (χ0v) is 20.7. The Balaban J connectivity index is 1.17. The Kier molecular flexibility index (Phi) is 6.37. The smallest absolute Gasteiger partial charge is 0.321 e. The third kappa shape index (κ3) is 4.71. The number of hydrogen-bond acceptors (Lipinski definition) is 5. The number of aryl methyl sites for hydroxylation is 3. The van der Waals surface area contributed by atoms with Crippen LogP contribution in [0.3, 0.4) is 0 Å². The van der Waals surface area contributed by atoms with Gasteiger partial charge in [0.15, 0.2) is 6.10 Å². The Morgan fingerprint density at radius 2 is 1.88 bits per heavy atom. The second-order valence-electron chi connectivity index (χ2n) is 9.27. The minimum Gasteiger partial charge on any atom is -0.387 e. The average molecular weight is 475 g/mol. The number of aromatic nitrogens is 1. The fourth-order valence-corrected chi connectivity index (χ4v) is 5.65. The molecule has 1 aromatic heterocycles. The first-order chi connectivity index (χ1) is 16.5. The van der Waals surface area contributed by atoms with Crippen molar-refractivity contribution < 1.29 is 9.63 Å². The van der Waals surface area contributed by atoms with Crippen LogP contribution >= 0.6 is 11.3 Å². The molecule has 0 radical (unpaired) electrons. The number of thiazole rings is 1. The molecule has 2 amide bonds. The highest BCUT2D eigenvalue weighted by Gasteiger charge is 2.29. The summed E-state index contributed by atoms with van der Waals surface area (Å²) in [5, 5.41) is 10.7. The Morgan fingerprint density at radius 1 is 1.09 bits per heavy atom. The summed E-state index contributed by atoms with van der Waals surface area (Å²) in [5.74, 6) is 0.374. The van der Waals surface area contributed by atoms with Crippen molar-refractivity contribution in [1.29, 1.82) is 0 Å². The molecule has 2 aliphatic rings. The lowest BCUT2D eigenvalue weighted by Gasteiger charge is -2.31. The Hall–Kier alpha value is -3.19. The maximum atomic E-state index is 12.8. The predicted octanol–water partition coefficient (Wildman–Crippen LogP) is 6.35. The van der Waals surface area contributed by atoms with Gasteiger partial charge in [-0.3, -0.25) is 0 Å². The van der Waals surface area contributed by atoms with Crippen LogP contribution in [-0.2, 0) is 4.84 Å². The standard InChI is InChI=1S/C27H30N4O2S/c1-17-8-9-19(3)22(14-17)29-27(32)31-12-10-20(11-13-31)26-28-24(16-34-26)23-15-25(33-30-23)21-7-5-4-6-18(21)2/h4-9,14,16,20,25H,10-13,15H2,1-3H3,(H,29,32). The second kappa shape index (κ2) is 9.58. The summed E-state index contributed by atoms with van der Waals surface area (Å²) in [6, 6.07) is 14.4. The molecule has 1 atom stereocenters. The topological polar surface area (TPSA) is 66.8 Å². The van der Waals surface area contributed by atoms with Gasteiger partial charge in [0.25, 0.3) is 0 Å². The molecule has 1 saturated heterocycles. The highest BCUT2D eigenvalue weighted by atomic mass is 32.1. The summed E-state index contributed by atoms with van der Waals surface area (Å²) in [6.45, 7) is 7.62. The van der Waals surface area contributed by atoms with Gasteiger partial charge in [0.05, 0.1) is 10.7 Å². The van der Waals surface area contributed by atoms with Crippen LogP contribution in [0.25, 0.3) is 0 Å². The lowest BCUT2D eigenvalue weighted by atomic mass is 9.97. The molecule has 3 heterocycles. The summed E-state index contributed by atoms with van der Waals surface area (Å²) in [6.07, 6.45) is 2.54. The number of oxime groups is 1. The van der Waals surface area contributed by atoms with Crippen molar-refractivity contribution >= 4 is 28.8 Å². The molecule has 0 bridgehead atoms. The van der Waals surface area contributed by atoms with E-state index in [1.807, 2.05) is 43.0 Å². The molecule has 0 saturated carbocycles. The molecule has 0 spiro atoms. The zero-order chi connectivity index (χ0) is 23.7. The molecule has 2 aliphatic heterocycles. The van der Waals surface area contributed by atoms with Gasteiger partial charge in [-0.05, 0) is 61.9 Å². The van der Waals surface area contributed by atoms with Gasteiger partial charge < -0.3 is 15.1 Å². The van der Waals surface area contributed by atoms with Crippen LogP contribution in [0, 0.1) is 20.8 Å². The quantitative estimate of drug-likeness (QED) is 0.479. The van der Waals surface area contributed by atoms with Gasteiger partial charge in [0, 0.05) is 36.5 Å². The highest BCUT2D eigenvalue weighted by Crippen LogP contribution is 2.34.